The fraction of sp³-hybridized carbons (Fsp3) is 0. The molecule has 0 amide bonds. The zero-order valence-corrected chi connectivity index (χ0v) is 10.9. The van der Waals surface area contributed by atoms with Crippen LogP contribution >= 0.6 is 27.5 Å². The smallest absolute Gasteiger partial charge is 0.167 e. The summed E-state index contributed by atoms with van der Waals surface area (Å²) in [6, 6.07) is 7.79. The first-order valence-electron chi connectivity index (χ1n) is 4.86. The summed E-state index contributed by atoms with van der Waals surface area (Å²) in [6.07, 6.45) is 3.09. The van der Waals surface area contributed by atoms with Gasteiger partial charge in [-0.1, -0.05) is 23.7 Å². The summed E-state index contributed by atoms with van der Waals surface area (Å²) in [4.78, 5) is 8.13. The lowest BCUT2D eigenvalue weighted by atomic mass is 10.3. The second kappa shape index (κ2) is 4.09. The van der Waals surface area contributed by atoms with Crippen LogP contribution in [0.4, 0.5) is 0 Å². The van der Waals surface area contributed by atoms with E-state index in [0.29, 0.717) is 10.8 Å². The molecule has 0 radical (unpaired) electrons. The van der Waals surface area contributed by atoms with E-state index in [4.69, 9.17) is 11.6 Å². The molecule has 0 N–H and O–H groups in total. The minimum absolute atomic E-state index is 0.410. The lowest BCUT2D eigenvalue weighted by Gasteiger charge is -2.04. The highest BCUT2D eigenvalue weighted by Crippen LogP contribution is 2.25. The number of aromatic nitrogens is 4. The fourth-order valence-corrected chi connectivity index (χ4v) is 2.25. The van der Waals surface area contributed by atoms with Gasteiger partial charge in [-0.25, -0.2) is 14.6 Å². The van der Waals surface area contributed by atoms with Gasteiger partial charge in [0.15, 0.2) is 5.65 Å². The van der Waals surface area contributed by atoms with Gasteiger partial charge < -0.3 is 0 Å². The Morgan fingerprint density at radius 3 is 2.82 bits per heavy atom. The first kappa shape index (κ1) is 10.7. The molecule has 0 spiro atoms. The summed E-state index contributed by atoms with van der Waals surface area (Å²) < 4.78 is 2.67. The molecule has 0 bridgehead atoms. The standard InChI is InChI=1S/C11H6BrClN4/c12-8-3-1-2-4-9(8)17-11-7(5-16-17)10(13)14-6-15-11/h1-6H. The Kier molecular flexibility index (Phi) is 2.57. The number of nitrogens with zero attached hydrogens (tertiary/aromatic N) is 4. The van der Waals surface area contributed by atoms with E-state index in [1.807, 2.05) is 24.3 Å². The molecule has 84 valence electrons. The highest BCUT2D eigenvalue weighted by atomic mass is 79.9. The number of rotatable bonds is 1. The predicted octanol–water partition coefficient (Wildman–Crippen LogP) is 3.23. The van der Waals surface area contributed by atoms with Crippen LogP contribution in [0.15, 0.2) is 41.3 Å². The maximum absolute atomic E-state index is 5.98. The molecule has 3 rings (SSSR count). The number of fused-ring (bicyclic) bond motifs is 1. The molecule has 1 aromatic carbocycles. The Hall–Kier alpha value is -1.46. The van der Waals surface area contributed by atoms with E-state index in [1.165, 1.54) is 6.33 Å². The van der Waals surface area contributed by atoms with Crippen LogP contribution in [0.25, 0.3) is 16.7 Å². The van der Waals surface area contributed by atoms with Crippen molar-refractivity contribution in [1.29, 1.82) is 0 Å². The molecule has 2 heterocycles. The van der Waals surface area contributed by atoms with Crippen LogP contribution in [0, 0.1) is 0 Å². The molecule has 2 aromatic heterocycles. The summed E-state index contributed by atoms with van der Waals surface area (Å²) in [6.45, 7) is 0. The number of benzene rings is 1. The van der Waals surface area contributed by atoms with Crippen molar-refractivity contribution in [2.24, 2.45) is 0 Å². The number of halogens is 2. The third kappa shape index (κ3) is 1.71. The van der Waals surface area contributed by atoms with Gasteiger partial charge in [0.1, 0.15) is 11.5 Å². The highest BCUT2D eigenvalue weighted by molar-refractivity contribution is 9.10. The molecule has 17 heavy (non-hydrogen) atoms. The van der Waals surface area contributed by atoms with Crippen molar-refractivity contribution in [3.8, 4) is 5.69 Å². The Balaban J connectivity index is 2.33. The second-order valence-electron chi connectivity index (χ2n) is 3.41. The molecule has 4 nitrogen and oxygen atoms in total. The average Bonchev–Trinajstić information content (AvgIpc) is 2.75. The minimum atomic E-state index is 0.410. The van der Waals surface area contributed by atoms with Crippen LogP contribution < -0.4 is 0 Å². The molecule has 0 aliphatic rings. The van der Waals surface area contributed by atoms with Gasteiger partial charge in [-0.3, -0.25) is 0 Å². The summed E-state index contributed by atoms with van der Waals surface area (Å²) in [7, 11) is 0. The minimum Gasteiger partial charge on any atom is -0.224 e. The lowest BCUT2D eigenvalue weighted by molar-refractivity contribution is 0.891. The summed E-state index contributed by atoms with van der Waals surface area (Å²) in [5.41, 5.74) is 1.61. The Labute approximate surface area is 110 Å². The van der Waals surface area contributed by atoms with Gasteiger partial charge >= 0.3 is 0 Å². The van der Waals surface area contributed by atoms with Gasteiger partial charge in [-0.2, -0.15) is 5.10 Å². The molecule has 3 aromatic rings. The van der Waals surface area contributed by atoms with Gasteiger partial charge in [-0.05, 0) is 28.1 Å². The fourth-order valence-electron chi connectivity index (χ4n) is 1.62. The zero-order chi connectivity index (χ0) is 11.8. The zero-order valence-electron chi connectivity index (χ0n) is 8.51. The van der Waals surface area contributed by atoms with Gasteiger partial charge in [0.25, 0.3) is 0 Å². The van der Waals surface area contributed by atoms with Crippen molar-refractivity contribution in [2.75, 3.05) is 0 Å². The van der Waals surface area contributed by atoms with Crippen LogP contribution in [0.5, 0.6) is 0 Å². The van der Waals surface area contributed by atoms with E-state index in [1.54, 1.807) is 10.9 Å². The summed E-state index contributed by atoms with van der Waals surface area (Å²) in [5, 5.41) is 5.44. The quantitative estimate of drug-likeness (QED) is 0.648. The largest absolute Gasteiger partial charge is 0.224 e. The van der Waals surface area contributed by atoms with Crippen molar-refractivity contribution in [2.45, 2.75) is 0 Å². The van der Waals surface area contributed by atoms with Crippen molar-refractivity contribution < 1.29 is 0 Å². The first-order chi connectivity index (χ1) is 8.27. The molecule has 6 heteroatoms. The van der Waals surface area contributed by atoms with Crippen LogP contribution in [-0.4, -0.2) is 19.7 Å². The lowest BCUT2D eigenvalue weighted by Crippen LogP contribution is -1.98. The van der Waals surface area contributed by atoms with E-state index in [2.05, 4.69) is 31.0 Å². The summed E-state index contributed by atoms with van der Waals surface area (Å²) in [5.74, 6) is 0. The Bertz CT molecular complexity index is 695. The van der Waals surface area contributed by atoms with Crippen molar-refractivity contribution in [3.05, 3.63) is 46.4 Å². The van der Waals surface area contributed by atoms with Gasteiger partial charge in [-0.15, -0.1) is 0 Å². The van der Waals surface area contributed by atoms with Gasteiger partial charge in [0.05, 0.1) is 17.3 Å². The molecular weight excluding hydrogens is 304 g/mol. The van der Waals surface area contributed by atoms with Crippen LogP contribution in [0.1, 0.15) is 0 Å². The molecule has 0 saturated carbocycles. The maximum Gasteiger partial charge on any atom is 0.167 e. The van der Waals surface area contributed by atoms with E-state index in [0.717, 1.165) is 15.5 Å². The molecular formula is C11H6BrClN4. The van der Waals surface area contributed by atoms with Crippen LogP contribution in [-0.2, 0) is 0 Å². The van der Waals surface area contributed by atoms with Crippen LogP contribution in [0.2, 0.25) is 5.15 Å². The SMILES string of the molecule is Clc1ncnc2c1cnn2-c1ccccc1Br. The second-order valence-corrected chi connectivity index (χ2v) is 4.62. The molecule has 0 unspecified atom stereocenters. The monoisotopic (exact) mass is 308 g/mol. The third-order valence-electron chi connectivity index (χ3n) is 2.40. The predicted molar refractivity (Wildman–Crippen MR) is 69.4 cm³/mol. The molecule has 0 atom stereocenters. The number of hydrogen-bond donors (Lipinski definition) is 0. The Morgan fingerprint density at radius 2 is 2.00 bits per heavy atom. The van der Waals surface area contributed by atoms with E-state index in [-0.39, 0.29) is 0 Å². The highest BCUT2D eigenvalue weighted by Gasteiger charge is 2.11. The third-order valence-corrected chi connectivity index (χ3v) is 3.37. The molecule has 0 saturated heterocycles. The van der Waals surface area contributed by atoms with Crippen molar-refractivity contribution in [1.82, 2.24) is 19.7 Å². The normalized spacial score (nSPS) is 10.9. The first-order valence-corrected chi connectivity index (χ1v) is 6.03. The molecule has 0 aliphatic carbocycles. The molecule has 0 aliphatic heterocycles. The molecule has 0 fully saturated rings. The number of para-hydroxylation sites is 1. The van der Waals surface area contributed by atoms with E-state index >= 15 is 0 Å². The topological polar surface area (TPSA) is 43.6 Å². The van der Waals surface area contributed by atoms with Gasteiger partial charge in [0.2, 0.25) is 0 Å². The average molecular weight is 310 g/mol. The van der Waals surface area contributed by atoms with Crippen molar-refractivity contribution in [3.63, 3.8) is 0 Å². The summed E-state index contributed by atoms with van der Waals surface area (Å²) >= 11 is 9.47. The number of hydrogen-bond acceptors (Lipinski definition) is 3. The maximum atomic E-state index is 5.98. The van der Waals surface area contributed by atoms with Crippen molar-refractivity contribution >= 4 is 38.6 Å². The van der Waals surface area contributed by atoms with E-state index < -0.39 is 0 Å². The van der Waals surface area contributed by atoms with Crippen LogP contribution in [0.3, 0.4) is 0 Å². The van der Waals surface area contributed by atoms with E-state index in [9.17, 15) is 0 Å². The Morgan fingerprint density at radius 1 is 1.18 bits per heavy atom. The van der Waals surface area contributed by atoms with Gasteiger partial charge in [0, 0.05) is 4.47 Å².